The van der Waals surface area contributed by atoms with E-state index in [-0.39, 0.29) is 49.6 Å². The summed E-state index contributed by atoms with van der Waals surface area (Å²) in [7, 11) is -9.64. The van der Waals surface area contributed by atoms with Crippen LogP contribution in [0.3, 0.4) is 0 Å². The predicted molar refractivity (Wildman–Crippen MR) is 307 cm³/mol. The molecule has 27 heteroatoms. The Hall–Kier alpha value is -1.98. The zero-order valence-corrected chi connectivity index (χ0v) is 52.7. The number of rotatable bonds is 15. The number of aliphatic hydroxyl groups is 4. The molecule has 12 fully saturated rings. The van der Waals surface area contributed by atoms with Crippen LogP contribution in [0.15, 0.2) is 49.1 Å². The van der Waals surface area contributed by atoms with Crippen molar-refractivity contribution < 1.29 is 116 Å². The van der Waals surface area contributed by atoms with Crippen LogP contribution in [0.25, 0.3) is 0 Å². The van der Waals surface area contributed by atoms with Gasteiger partial charge in [0.05, 0.1) is 128 Å². The first kappa shape index (κ1) is 66.1. The Balaban J connectivity index is 0.742. The highest BCUT2D eigenvalue weighted by atomic mass is 32.3. The quantitative estimate of drug-likeness (QED) is 0.0586. The lowest BCUT2D eigenvalue weighted by Gasteiger charge is -2.61. The molecule has 0 radical (unpaired) electrons. The molecule has 0 aliphatic carbocycles. The van der Waals surface area contributed by atoms with Crippen molar-refractivity contribution in [3.05, 3.63) is 49.1 Å². The third-order valence-corrected chi connectivity index (χ3v) is 22.5. The first-order chi connectivity index (χ1) is 41.4. The summed E-state index contributed by atoms with van der Waals surface area (Å²) in [5.74, 6) is -0.0396. The molecule has 0 saturated carbocycles. The maximum Gasteiger partial charge on any atom is 0.397 e. The van der Waals surface area contributed by atoms with E-state index in [0.29, 0.717) is 76.2 Å². The van der Waals surface area contributed by atoms with Gasteiger partial charge in [0, 0.05) is 44.9 Å². The number of fused-ring (bicyclic) bond motifs is 10. The molecule has 12 heterocycles. The van der Waals surface area contributed by atoms with Gasteiger partial charge in [0.25, 0.3) is 0 Å². The lowest BCUT2D eigenvalue weighted by molar-refractivity contribution is -0.387. The van der Waals surface area contributed by atoms with Crippen LogP contribution in [0, 0.1) is 5.92 Å². The van der Waals surface area contributed by atoms with Crippen LogP contribution in [0.1, 0.15) is 138 Å². The van der Waals surface area contributed by atoms with Crippen molar-refractivity contribution in [1.29, 1.82) is 0 Å². The first-order valence-electron chi connectivity index (χ1n) is 31.6. The molecule has 12 aliphatic rings. The number of allylic oxidation sites excluding steroid dienone is 3. The molecule has 498 valence electrons. The molecule has 12 saturated heterocycles. The lowest BCUT2D eigenvalue weighted by Crippen LogP contribution is -2.75. The van der Waals surface area contributed by atoms with Gasteiger partial charge in [-0.3, -0.25) is 9.11 Å². The van der Waals surface area contributed by atoms with Gasteiger partial charge in [0.1, 0.15) is 53.9 Å². The second-order valence-corrected chi connectivity index (χ2v) is 30.3. The fourth-order valence-electron chi connectivity index (χ4n) is 16.8. The number of hydrogen-bond donors (Lipinski definition) is 6. The Morgan fingerprint density at radius 1 is 0.693 bits per heavy atom. The standard InChI is InChI=1S/C61H92O25S2/c1-10-12-30(2)13-17-57(5,65)54-32(4)21-41-40(79-54)27-49-61(9,84-41)55(82-56-51(64)50(63)45(29-62)80-56)53-44(78-49)25-43-52(81-53)31(3)14-18-59(7)47(77-43)28-46-60(8,86-59)19-15-33-34(76-46)22-36-35(73-33)23-37-38(74-36)24-42-39(75-37)26-48(85-88(69,70)71)58(6,83-42)16-11-20-72-87(66,67)68/h10,13,17,31,33-56,62-65H,1-2,4,11-12,14-16,18-29H2,3,5-9H3,(H,66,67,68)(H,69,70,71)/b17-13+/t31-,33-,34+,35+,36-,37-,38+,39+,40+,41-,42-,43-,44+,45-,46-,47+,48-,49-,50-,51+,52+,53+,54+,55+,56+,57+,58+,59-,60+,61-/m0/s1. The fraction of sp³-hybridized carbons (Fsp3) is 0.869. The van der Waals surface area contributed by atoms with Crippen molar-refractivity contribution in [3.63, 3.8) is 0 Å². The van der Waals surface area contributed by atoms with E-state index < -0.39 is 184 Å². The normalized spacial score (nSPS) is 50.9. The number of hydrogen-bond acceptors (Lipinski definition) is 23. The molecule has 12 aliphatic heterocycles. The Kier molecular flexibility index (Phi) is 18.5. The third-order valence-electron chi connectivity index (χ3n) is 21.6. The summed E-state index contributed by atoms with van der Waals surface area (Å²) in [6, 6.07) is 0. The second-order valence-electron chi connectivity index (χ2n) is 28.2. The van der Waals surface area contributed by atoms with E-state index in [1.807, 2.05) is 6.92 Å². The molecule has 25 nitrogen and oxygen atoms in total. The summed E-state index contributed by atoms with van der Waals surface area (Å²) < 4.78 is 165. The van der Waals surface area contributed by atoms with Crippen molar-refractivity contribution in [2.45, 2.75) is 313 Å². The largest absolute Gasteiger partial charge is 0.397 e. The van der Waals surface area contributed by atoms with E-state index in [9.17, 15) is 41.8 Å². The molecule has 30 atom stereocenters. The van der Waals surface area contributed by atoms with Gasteiger partial charge in [-0.25, -0.2) is 8.37 Å². The molecular weight excluding hydrogens is 1200 g/mol. The average molecular weight is 1290 g/mol. The van der Waals surface area contributed by atoms with E-state index in [1.54, 1.807) is 32.1 Å². The highest BCUT2D eigenvalue weighted by Crippen LogP contribution is 2.55. The molecule has 0 unspecified atom stereocenters. The van der Waals surface area contributed by atoms with Gasteiger partial charge in [0.15, 0.2) is 6.29 Å². The maximum absolute atomic E-state index is 12.1. The van der Waals surface area contributed by atoms with E-state index in [0.717, 1.165) is 12.0 Å². The van der Waals surface area contributed by atoms with Gasteiger partial charge >= 0.3 is 20.8 Å². The van der Waals surface area contributed by atoms with Crippen molar-refractivity contribution in [2.24, 2.45) is 5.92 Å². The summed E-state index contributed by atoms with van der Waals surface area (Å²) >= 11 is 0. The molecule has 0 spiro atoms. The third kappa shape index (κ3) is 13.0. The highest BCUT2D eigenvalue weighted by Gasteiger charge is 2.67. The van der Waals surface area contributed by atoms with Gasteiger partial charge < -0.3 is 82.0 Å². The minimum atomic E-state index is -4.93. The summed E-state index contributed by atoms with van der Waals surface area (Å²) in [5.41, 5.74) is -4.01. The Morgan fingerprint density at radius 3 is 1.93 bits per heavy atom. The molecule has 6 N–H and O–H groups in total. The Bertz CT molecular complexity index is 2840. The van der Waals surface area contributed by atoms with Crippen LogP contribution >= 0.6 is 0 Å². The Morgan fingerprint density at radius 2 is 1.28 bits per heavy atom. The van der Waals surface area contributed by atoms with Gasteiger partial charge in [-0.2, -0.15) is 16.8 Å². The van der Waals surface area contributed by atoms with Crippen LogP contribution < -0.4 is 0 Å². The van der Waals surface area contributed by atoms with Crippen LogP contribution in [0.4, 0.5) is 0 Å². The minimum Gasteiger partial charge on any atom is -0.394 e. The predicted octanol–water partition coefficient (Wildman–Crippen LogP) is 3.91. The molecule has 0 aromatic carbocycles. The van der Waals surface area contributed by atoms with Gasteiger partial charge in [-0.15, -0.1) is 6.58 Å². The highest BCUT2D eigenvalue weighted by molar-refractivity contribution is 7.81. The number of aliphatic hydroxyl groups excluding tert-OH is 3. The van der Waals surface area contributed by atoms with Gasteiger partial charge in [-0.05, 0) is 97.5 Å². The second kappa shape index (κ2) is 24.7. The average Bonchev–Trinajstić information content (AvgIpc) is 0.899. The smallest absolute Gasteiger partial charge is 0.394 e. The van der Waals surface area contributed by atoms with Crippen molar-refractivity contribution >= 4 is 20.8 Å². The van der Waals surface area contributed by atoms with E-state index >= 15 is 0 Å². The maximum atomic E-state index is 12.1. The van der Waals surface area contributed by atoms with Crippen molar-refractivity contribution in [3.8, 4) is 0 Å². The summed E-state index contributed by atoms with van der Waals surface area (Å²) in [6.07, 6.45) is -4.84. The minimum absolute atomic E-state index is 0.0396. The van der Waals surface area contributed by atoms with Crippen LogP contribution in [-0.2, 0) is 90.7 Å². The number of ether oxygens (including phenoxy) is 13. The molecule has 0 aromatic heterocycles. The van der Waals surface area contributed by atoms with E-state index in [4.69, 9.17) is 70.3 Å². The van der Waals surface area contributed by atoms with Crippen molar-refractivity contribution in [1.82, 2.24) is 0 Å². The van der Waals surface area contributed by atoms with Crippen molar-refractivity contribution in [2.75, 3.05) is 13.2 Å². The SMILES string of the molecule is C=CCC(=C)/C=C/[C@@](C)(O)[C@@H]1O[C@@H]2C[C@@H]3O[C@@H]4C[C@@H]5O[C@@H]6C[C@@H]7O[C@@H]8C[C@@H]9O[C@@H]%10C[C@@H]%11O[C@](C)(CCCOS(=O)(=O)O)[C@@H](OS(=O)(=O)O)C[C@H]%11O[C@H]%10C[C@H]9O[C@H]8CC[C@@]7(C)O[C@@]6(C)CC[C@H](C)[C@H]5O[C@H]4[C@@H](O[C@H]4O[C@@H](CO)[C@H](O)[C@H]4O)[C@@]3(C)O[C@H]2CC1=C. The molecule has 12 rings (SSSR count). The summed E-state index contributed by atoms with van der Waals surface area (Å²) in [5, 5.41) is 44.2. The molecule has 0 aromatic rings. The monoisotopic (exact) mass is 1290 g/mol. The van der Waals surface area contributed by atoms with Crippen LogP contribution in [-0.4, -0.2) is 234 Å². The molecular formula is C61H92O25S2. The summed E-state index contributed by atoms with van der Waals surface area (Å²) in [4.78, 5) is 0. The lowest BCUT2D eigenvalue weighted by atomic mass is 9.72. The zero-order valence-electron chi connectivity index (χ0n) is 51.1. The summed E-state index contributed by atoms with van der Waals surface area (Å²) in [6.45, 7) is 22.9. The molecule has 0 amide bonds. The zero-order chi connectivity index (χ0) is 62.8. The first-order valence-corrected chi connectivity index (χ1v) is 34.3. The molecule has 0 bridgehead atoms. The topological polar surface area (TPSA) is 328 Å². The van der Waals surface area contributed by atoms with Crippen LogP contribution in [0.5, 0.6) is 0 Å². The fourth-order valence-corrected chi connectivity index (χ4v) is 17.7. The van der Waals surface area contributed by atoms with Crippen LogP contribution in [0.2, 0.25) is 0 Å². The van der Waals surface area contributed by atoms with E-state index in [1.165, 1.54) is 0 Å². The van der Waals surface area contributed by atoms with Gasteiger partial charge in [0.2, 0.25) is 0 Å². The van der Waals surface area contributed by atoms with Gasteiger partial charge in [-0.1, -0.05) is 43.9 Å². The molecule has 88 heavy (non-hydrogen) atoms. The Labute approximate surface area is 515 Å². The van der Waals surface area contributed by atoms with E-state index in [2.05, 4.69) is 44.7 Å².